The molecule has 0 fully saturated rings. The second-order valence-electron chi connectivity index (χ2n) is 7.05. The first kappa shape index (κ1) is 22.9. The maximum absolute atomic E-state index is 12.3. The van der Waals surface area contributed by atoms with Crippen LogP contribution in [0.15, 0.2) is 29.3 Å². The van der Waals surface area contributed by atoms with Crippen LogP contribution in [0.4, 0.5) is 5.69 Å². The number of carbonyl (C=O) groups is 3. The van der Waals surface area contributed by atoms with Gasteiger partial charge >= 0.3 is 0 Å². The van der Waals surface area contributed by atoms with Crippen LogP contribution in [0.3, 0.4) is 0 Å². The van der Waals surface area contributed by atoms with Crippen molar-refractivity contribution in [3.8, 4) is 5.75 Å². The Labute approximate surface area is 175 Å². The van der Waals surface area contributed by atoms with Crippen LogP contribution in [0, 0.1) is 0 Å². The van der Waals surface area contributed by atoms with Gasteiger partial charge in [0.15, 0.2) is 0 Å². The molecule has 0 saturated heterocycles. The maximum atomic E-state index is 12.3. The van der Waals surface area contributed by atoms with Crippen molar-refractivity contribution in [2.45, 2.75) is 38.5 Å². The van der Waals surface area contributed by atoms with Gasteiger partial charge in [-0.05, 0) is 52.1 Å². The summed E-state index contributed by atoms with van der Waals surface area (Å²) in [6, 6.07) is 7.15. The minimum atomic E-state index is -0.536. The van der Waals surface area contributed by atoms with Gasteiger partial charge in [-0.25, -0.2) is 4.99 Å². The molecule has 1 aromatic rings. The molecule has 1 heterocycles. The van der Waals surface area contributed by atoms with Crippen LogP contribution in [0.25, 0.3) is 0 Å². The second kappa shape index (κ2) is 11.0. The fourth-order valence-electron chi connectivity index (χ4n) is 2.72. The summed E-state index contributed by atoms with van der Waals surface area (Å²) in [5.41, 5.74) is 0.644. The van der Waals surface area contributed by atoms with Crippen molar-refractivity contribution in [1.29, 1.82) is 0 Å². The average Bonchev–Trinajstić information content (AvgIpc) is 2.94. The molecule has 0 aromatic heterocycles. The number of hydrogen-bond acceptors (Lipinski definition) is 6. The minimum absolute atomic E-state index is 0.0429. The van der Waals surface area contributed by atoms with Crippen LogP contribution in [-0.2, 0) is 14.4 Å². The highest BCUT2D eigenvalue weighted by Crippen LogP contribution is 2.26. The van der Waals surface area contributed by atoms with Crippen LogP contribution >= 0.6 is 11.8 Å². The van der Waals surface area contributed by atoms with Crippen molar-refractivity contribution < 1.29 is 19.1 Å². The highest BCUT2D eigenvalue weighted by Gasteiger charge is 2.31. The molecule has 158 valence electrons. The van der Waals surface area contributed by atoms with E-state index in [9.17, 15) is 14.4 Å². The zero-order valence-corrected chi connectivity index (χ0v) is 18.0. The Hall–Kier alpha value is -2.39. The molecule has 0 bridgehead atoms. The number of amides is 3. The van der Waals surface area contributed by atoms with E-state index in [4.69, 9.17) is 4.74 Å². The monoisotopic (exact) mass is 420 g/mol. The van der Waals surface area contributed by atoms with Gasteiger partial charge < -0.3 is 15.4 Å². The number of anilines is 1. The number of hydrogen-bond donors (Lipinski definition) is 2. The van der Waals surface area contributed by atoms with E-state index in [1.165, 1.54) is 11.8 Å². The number of nitrogens with one attached hydrogen (secondary N) is 2. The topological polar surface area (TPSA) is 100 Å². The summed E-state index contributed by atoms with van der Waals surface area (Å²) < 4.78 is 5.37. The third kappa shape index (κ3) is 7.86. The van der Waals surface area contributed by atoms with Gasteiger partial charge in [-0.3, -0.25) is 19.3 Å². The molecule has 0 unspecified atom stereocenters. The average molecular weight is 421 g/mol. The summed E-state index contributed by atoms with van der Waals surface area (Å²) in [5.74, 6) is 0.0907. The summed E-state index contributed by atoms with van der Waals surface area (Å²) in [7, 11) is 1.79. The number of benzene rings is 1. The zero-order valence-electron chi connectivity index (χ0n) is 17.2. The molecule has 2 rings (SSSR count). The van der Waals surface area contributed by atoms with Gasteiger partial charge in [0.25, 0.3) is 5.91 Å². The molecule has 9 heteroatoms. The van der Waals surface area contributed by atoms with Crippen LogP contribution in [0.2, 0.25) is 0 Å². The first-order valence-corrected chi connectivity index (χ1v) is 10.4. The Morgan fingerprint density at radius 1 is 1.24 bits per heavy atom. The van der Waals surface area contributed by atoms with Crippen molar-refractivity contribution in [2.24, 2.45) is 4.99 Å². The normalized spacial score (nSPS) is 16.1. The molecule has 1 atom stereocenters. The smallest absolute Gasteiger partial charge is 0.260 e. The van der Waals surface area contributed by atoms with Crippen molar-refractivity contribution >= 4 is 40.2 Å². The van der Waals surface area contributed by atoms with Crippen molar-refractivity contribution in [1.82, 2.24) is 10.2 Å². The van der Waals surface area contributed by atoms with Gasteiger partial charge in [-0.1, -0.05) is 11.8 Å². The molecule has 2 N–H and O–H groups in total. The number of likely N-dealkylation sites (N-methyl/N-ethyl adjacent to an activating group) is 1. The van der Waals surface area contributed by atoms with E-state index in [0.717, 1.165) is 5.75 Å². The van der Waals surface area contributed by atoms with Gasteiger partial charge in [0.05, 0.1) is 18.2 Å². The van der Waals surface area contributed by atoms with E-state index in [2.05, 4.69) is 15.6 Å². The lowest BCUT2D eigenvalue weighted by Crippen LogP contribution is -2.39. The summed E-state index contributed by atoms with van der Waals surface area (Å²) in [6.45, 7) is 6.88. The first-order chi connectivity index (χ1) is 13.8. The van der Waals surface area contributed by atoms with E-state index in [1.54, 1.807) is 36.2 Å². The van der Waals surface area contributed by atoms with Crippen LogP contribution in [0.1, 0.15) is 27.2 Å². The fraction of sp³-hybridized carbons (Fsp3) is 0.500. The molecular formula is C20H28N4O4S. The number of carbonyl (C=O) groups excluding carboxylic acids is 3. The lowest BCUT2D eigenvalue weighted by Gasteiger charge is -2.17. The predicted molar refractivity (Wildman–Crippen MR) is 115 cm³/mol. The first-order valence-electron chi connectivity index (χ1n) is 9.55. The summed E-state index contributed by atoms with van der Waals surface area (Å²) in [5, 5.41) is 5.69. The van der Waals surface area contributed by atoms with E-state index in [-0.39, 0.29) is 36.7 Å². The predicted octanol–water partition coefficient (Wildman–Crippen LogP) is 1.91. The van der Waals surface area contributed by atoms with Gasteiger partial charge in [0.1, 0.15) is 11.0 Å². The Morgan fingerprint density at radius 3 is 2.55 bits per heavy atom. The van der Waals surface area contributed by atoms with Gasteiger partial charge in [0, 0.05) is 24.7 Å². The Balaban J connectivity index is 1.79. The number of ether oxygens (including phenoxy) is 1. The second-order valence-corrected chi connectivity index (χ2v) is 8.33. The Morgan fingerprint density at radius 2 is 1.93 bits per heavy atom. The number of rotatable bonds is 10. The van der Waals surface area contributed by atoms with Gasteiger partial charge in [-0.15, -0.1) is 0 Å². The molecule has 8 nitrogen and oxygen atoms in total. The van der Waals surface area contributed by atoms with Crippen LogP contribution < -0.4 is 15.4 Å². The number of thioether (sulfide) groups is 1. The van der Waals surface area contributed by atoms with Crippen molar-refractivity contribution in [2.75, 3.05) is 32.1 Å². The maximum Gasteiger partial charge on any atom is 0.260 e. The summed E-state index contributed by atoms with van der Waals surface area (Å²) in [6.07, 6.45) is 0.0429. The molecule has 0 radical (unpaired) electrons. The molecule has 3 amide bonds. The quantitative estimate of drug-likeness (QED) is 0.600. The molecule has 0 spiro atoms. The SMILES string of the molecule is CCOc1ccc(NC(=O)C[C@H]2SC(CN(C)CC(=O)NC(C)C)=NC2=O)cc1. The lowest BCUT2D eigenvalue weighted by atomic mass is 10.2. The van der Waals surface area contributed by atoms with E-state index in [0.29, 0.717) is 23.9 Å². The molecule has 1 aliphatic rings. The number of aliphatic imine (C=N–C) groups is 1. The third-order valence-electron chi connectivity index (χ3n) is 3.88. The molecule has 1 aromatic carbocycles. The molecule has 1 aliphatic heterocycles. The van der Waals surface area contributed by atoms with Crippen molar-refractivity contribution in [3.05, 3.63) is 24.3 Å². The van der Waals surface area contributed by atoms with Gasteiger partial charge in [-0.2, -0.15) is 0 Å². The van der Waals surface area contributed by atoms with Gasteiger partial charge in [0.2, 0.25) is 11.8 Å². The zero-order chi connectivity index (χ0) is 21.4. The number of nitrogens with zero attached hydrogens (tertiary/aromatic N) is 2. The Kier molecular flexibility index (Phi) is 8.66. The van der Waals surface area contributed by atoms with Crippen LogP contribution in [-0.4, -0.2) is 65.7 Å². The molecule has 0 saturated carbocycles. The van der Waals surface area contributed by atoms with Crippen molar-refractivity contribution in [3.63, 3.8) is 0 Å². The molecular weight excluding hydrogens is 392 g/mol. The lowest BCUT2D eigenvalue weighted by molar-refractivity contribution is -0.122. The van der Waals surface area contributed by atoms with Crippen LogP contribution in [0.5, 0.6) is 5.75 Å². The molecule has 29 heavy (non-hydrogen) atoms. The van der Waals surface area contributed by atoms with E-state index in [1.807, 2.05) is 20.8 Å². The summed E-state index contributed by atoms with van der Waals surface area (Å²) in [4.78, 5) is 42.1. The fourth-order valence-corrected chi connectivity index (χ4v) is 3.87. The standard InChI is InChI=1S/C20H28N4O4S/c1-5-28-15-8-6-14(7-9-15)22-17(25)10-16-20(27)23-19(29-16)12-24(4)11-18(26)21-13(2)3/h6-9,13,16H,5,10-12H2,1-4H3,(H,21,26)(H,22,25)/t16-/m1/s1. The largest absolute Gasteiger partial charge is 0.494 e. The Bertz CT molecular complexity index is 764. The molecule has 0 aliphatic carbocycles. The van der Waals surface area contributed by atoms with E-state index >= 15 is 0 Å². The third-order valence-corrected chi connectivity index (χ3v) is 5.02. The highest BCUT2D eigenvalue weighted by atomic mass is 32.2. The minimum Gasteiger partial charge on any atom is -0.494 e. The highest BCUT2D eigenvalue weighted by molar-refractivity contribution is 8.15. The summed E-state index contributed by atoms with van der Waals surface area (Å²) >= 11 is 1.28. The van der Waals surface area contributed by atoms with E-state index < -0.39 is 5.25 Å².